The van der Waals surface area contributed by atoms with E-state index in [0.29, 0.717) is 0 Å². The van der Waals surface area contributed by atoms with Gasteiger partial charge in [-0.15, -0.1) is 0 Å². The average Bonchev–Trinajstić information content (AvgIpc) is 2.67. The Labute approximate surface area is 90.5 Å². The molecule has 0 amide bonds. The minimum absolute atomic E-state index is 0.0876. The molecule has 1 N–H and O–H groups in total. The number of oxime groups is 1. The molecule has 74 valence electrons. The summed E-state index contributed by atoms with van der Waals surface area (Å²) in [5, 5.41) is 14.3. The van der Waals surface area contributed by atoms with Crippen molar-refractivity contribution in [3.05, 3.63) is 29.8 Å². The number of rotatable bonds is 2. The van der Waals surface area contributed by atoms with Crippen molar-refractivity contribution in [1.82, 2.24) is 0 Å². The molecule has 4 heteroatoms. The number of hydrogen-bond acceptors (Lipinski definition) is 3. The van der Waals surface area contributed by atoms with E-state index in [-0.39, 0.29) is 11.9 Å². The Balaban J connectivity index is 2.22. The highest BCUT2D eigenvalue weighted by Crippen LogP contribution is 2.23. The fourth-order valence-electron chi connectivity index (χ4n) is 1.39. The Morgan fingerprint density at radius 2 is 2.29 bits per heavy atom. The van der Waals surface area contributed by atoms with Crippen molar-refractivity contribution >= 4 is 21.6 Å². The normalized spacial score (nSPS) is 20.4. The van der Waals surface area contributed by atoms with E-state index in [0.717, 1.165) is 23.0 Å². The topological polar surface area (TPSA) is 41.8 Å². The molecule has 1 aromatic rings. The molecule has 1 aliphatic heterocycles. The van der Waals surface area contributed by atoms with Crippen molar-refractivity contribution in [2.75, 3.05) is 5.33 Å². The lowest BCUT2D eigenvalue weighted by Crippen LogP contribution is -2.09. The number of aromatic hydroxyl groups is 1. The first-order valence-corrected chi connectivity index (χ1v) is 5.50. The van der Waals surface area contributed by atoms with Crippen LogP contribution < -0.4 is 0 Å². The van der Waals surface area contributed by atoms with Gasteiger partial charge in [0.2, 0.25) is 0 Å². The van der Waals surface area contributed by atoms with Crippen LogP contribution in [-0.4, -0.2) is 22.3 Å². The summed E-state index contributed by atoms with van der Waals surface area (Å²) in [5.74, 6) is 0.255. The van der Waals surface area contributed by atoms with Gasteiger partial charge in [0.15, 0.2) is 0 Å². The number of para-hydroxylation sites is 1. The maximum atomic E-state index is 9.58. The van der Waals surface area contributed by atoms with Crippen molar-refractivity contribution in [3.63, 3.8) is 0 Å². The molecule has 0 spiro atoms. The van der Waals surface area contributed by atoms with E-state index in [2.05, 4.69) is 21.1 Å². The van der Waals surface area contributed by atoms with E-state index in [1.165, 1.54) is 0 Å². The summed E-state index contributed by atoms with van der Waals surface area (Å²) in [4.78, 5) is 5.15. The van der Waals surface area contributed by atoms with Crippen LogP contribution in [0, 0.1) is 0 Å². The van der Waals surface area contributed by atoms with Crippen LogP contribution in [0.1, 0.15) is 12.0 Å². The van der Waals surface area contributed by atoms with Gasteiger partial charge in [0.1, 0.15) is 11.9 Å². The Bertz CT molecular complexity index is 365. The minimum atomic E-state index is 0.0876. The van der Waals surface area contributed by atoms with Crippen LogP contribution in [0.5, 0.6) is 5.75 Å². The predicted molar refractivity (Wildman–Crippen MR) is 57.9 cm³/mol. The van der Waals surface area contributed by atoms with Crippen LogP contribution in [-0.2, 0) is 4.84 Å². The number of benzene rings is 1. The molecule has 0 fully saturated rings. The van der Waals surface area contributed by atoms with Gasteiger partial charge in [-0.2, -0.15) is 0 Å². The van der Waals surface area contributed by atoms with Gasteiger partial charge in [-0.05, 0) is 12.1 Å². The van der Waals surface area contributed by atoms with Crippen molar-refractivity contribution in [1.29, 1.82) is 0 Å². The van der Waals surface area contributed by atoms with E-state index in [4.69, 9.17) is 4.84 Å². The lowest BCUT2D eigenvalue weighted by atomic mass is 10.0. The van der Waals surface area contributed by atoms with E-state index < -0.39 is 0 Å². The zero-order chi connectivity index (χ0) is 9.97. The lowest BCUT2D eigenvalue weighted by molar-refractivity contribution is 0.104. The molecule has 14 heavy (non-hydrogen) atoms. The largest absolute Gasteiger partial charge is 0.507 e. The van der Waals surface area contributed by atoms with Crippen LogP contribution in [0.15, 0.2) is 29.4 Å². The second kappa shape index (κ2) is 4.00. The molecule has 0 saturated carbocycles. The number of halogens is 1. The third kappa shape index (κ3) is 1.75. The van der Waals surface area contributed by atoms with Crippen molar-refractivity contribution in [3.8, 4) is 5.75 Å². The first-order chi connectivity index (χ1) is 6.81. The molecule has 1 unspecified atom stereocenters. The van der Waals surface area contributed by atoms with Crippen LogP contribution in [0.25, 0.3) is 0 Å². The minimum Gasteiger partial charge on any atom is -0.507 e. The van der Waals surface area contributed by atoms with Gasteiger partial charge in [-0.1, -0.05) is 33.2 Å². The van der Waals surface area contributed by atoms with E-state index in [9.17, 15) is 5.11 Å². The van der Waals surface area contributed by atoms with Gasteiger partial charge >= 0.3 is 0 Å². The molecule has 1 heterocycles. The highest BCUT2D eigenvalue weighted by molar-refractivity contribution is 9.09. The van der Waals surface area contributed by atoms with Crippen LogP contribution in [0.3, 0.4) is 0 Å². The molecule has 0 bridgehead atoms. The summed E-state index contributed by atoms with van der Waals surface area (Å²) in [6, 6.07) is 7.16. The van der Waals surface area contributed by atoms with Gasteiger partial charge in [-0.3, -0.25) is 0 Å². The molecule has 0 aliphatic carbocycles. The van der Waals surface area contributed by atoms with Gasteiger partial charge in [0.05, 0.1) is 5.71 Å². The van der Waals surface area contributed by atoms with E-state index >= 15 is 0 Å². The maximum absolute atomic E-state index is 9.58. The molecular weight excluding hydrogens is 246 g/mol. The molecule has 0 aromatic heterocycles. The fraction of sp³-hybridized carbons (Fsp3) is 0.300. The Morgan fingerprint density at radius 1 is 1.50 bits per heavy atom. The predicted octanol–water partition coefficient (Wildman–Crippen LogP) is 2.28. The second-order valence-corrected chi connectivity index (χ2v) is 3.79. The summed E-state index contributed by atoms with van der Waals surface area (Å²) in [5.41, 5.74) is 1.57. The Kier molecular flexibility index (Phi) is 2.72. The van der Waals surface area contributed by atoms with Gasteiger partial charge in [0.25, 0.3) is 0 Å². The average molecular weight is 256 g/mol. The van der Waals surface area contributed by atoms with Crippen LogP contribution >= 0.6 is 15.9 Å². The first-order valence-electron chi connectivity index (χ1n) is 4.38. The van der Waals surface area contributed by atoms with Crippen LogP contribution in [0.4, 0.5) is 0 Å². The summed E-state index contributed by atoms with van der Waals surface area (Å²) in [7, 11) is 0. The highest BCUT2D eigenvalue weighted by Gasteiger charge is 2.22. The number of phenolic OH excluding ortho intramolecular Hbond substituents is 1. The molecule has 1 aliphatic rings. The smallest absolute Gasteiger partial charge is 0.142 e. The summed E-state index contributed by atoms with van der Waals surface area (Å²) in [6.45, 7) is 0. The summed E-state index contributed by atoms with van der Waals surface area (Å²) >= 11 is 3.33. The first kappa shape index (κ1) is 9.52. The number of nitrogens with zero attached hydrogens (tertiary/aromatic N) is 1. The summed E-state index contributed by atoms with van der Waals surface area (Å²) < 4.78 is 0. The van der Waals surface area contributed by atoms with E-state index in [1.54, 1.807) is 12.1 Å². The molecule has 0 radical (unpaired) electrons. The third-order valence-electron chi connectivity index (χ3n) is 2.12. The molecule has 2 rings (SSSR count). The van der Waals surface area contributed by atoms with Crippen molar-refractivity contribution < 1.29 is 9.94 Å². The standard InChI is InChI=1S/C10H10BrNO2/c11-6-7-5-9(12-14-7)8-3-1-2-4-10(8)13/h1-4,7,13H,5-6H2. The monoisotopic (exact) mass is 255 g/mol. The maximum Gasteiger partial charge on any atom is 0.142 e. The van der Waals surface area contributed by atoms with Crippen molar-refractivity contribution in [2.24, 2.45) is 5.16 Å². The molecular formula is C10H10BrNO2. The Hall–Kier alpha value is -1.03. The quantitative estimate of drug-likeness (QED) is 0.825. The number of hydrogen-bond donors (Lipinski definition) is 1. The third-order valence-corrected chi connectivity index (χ3v) is 2.84. The lowest BCUT2D eigenvalue weighted by Gasteiger charge is -2.02. The molecule has 0 saturated heterocycles. The van der Waals surface area contributed by atoms with E-state index in [1.807, 2.05) is 12.1 Å². The number of alkyl halides is 1. The zero-order valence-corrected chi connectivity index (χ0v) is 9.07. The number of phenols is 1. The fourth-order valence-corrected chi connectivity index (χ4v) is 1.74. The SMILES string of the molecule is Oc1ccccc1C1=NOC(CBr)C1. The zero-order valence-electron chi connectivity index (χ0n) is 7.48. The highest BCUT2D eigenvalue weighted by atomic mass is 79.9. The second-order valence-electron chi connectivity index (χ2n) is 3.14. The Morgan fingerprint density at radius 3 is 2.93 bits per heavy atom. The van der Waals surface area contributed by atoms with Gasteiger partial charge in [-0.25, -0.2) is 0 Å². The molecule has 1 aromatic carbocycles. The molecule has 3 nitrogen and oxygen atoms in total. The van der Waals surface area contributed by atoms with Gasteiger partial charge in [0, 0.05) is 17.3 Å². The van der Waals surface area contributed by atoms with Crippen molar-refractivity contribution in [2.45, 2.75) is 12.5 Å². The molecule has 1 atom stereocenters. The summed E-state index contributed by atoms with van der Waals surface area (Å²) in [6.07, 6.45) is 0.827. The van der Waals surface area contributed by atoms with Gasteiger partial charge < -0.3 is 9.94 Å². The van der Waals surface area contributed by atoms with Crippen LogP contribution in [0.2, 0.25) is 0 Å².